The van der Waals surface area contributed by atoms with E-state index in [0.717, 1.165) is 5.56 Å². The number of nitrogens with one attached hydrogen (secondary N) is 1. The molecule has 0 aliphatic carbocycles. The predicted molar refractivity (Wildman–Crippen MR) is 94.6 cm³/mol. The zero-order chi connectivity index (χ0) is 18.4. The lowest BCUT2D eigenvalue weighted by molar-refractivity contribution is -0.104. The second-order valence-electron chi connectivity index (χ2n) is 5.53. The van der Waals surface area contributed by atoms with Gasteiger partial charge in [0, 0.05) is 16.5 Å². The standard InChI is InChI=1S/C18H16N4O4/c19-22-20-8-17(24)15-6-14(25-10-12-4-2-1-3-5-12)7-16-18(15)26-11-13(9-23)21-16/h1-7,9,11,17,21,24H,8,10H2/t17-/m0/s1. The molecule has 0 spiro atoms. The van der Waals surface area contributed by atoms with Crippen molar-refractivity contribution in [3.05, 3.63) is 76.0 Å². The fraction of sp³-hybridized carbons (Fsp3) is 0.167. The van der Waals surface area contributed by atoms with E-state index in [1.807, 2.05) is 30.3 Å². The zero-order valence-electron chi connectivity index (χ0n) is 13.7. The number of hydrogen-bond donors (Lipinski definition) is 2. The van der Waals surface area contributed by atoms with Crippen LogP contribution in [0.4, 0.5) is 5.69 Å². The van der Waals surface area contributed by atoms with E-state index in [1.165, 1.54) is 6.26 Å². The van der Waals surface area contributed by atoms with Crippen LogP contribution in [-0.4, -0.2) is 17.9 Å². The molecule has 2 N–H and O–H groups in total. The summed E-state index contributed by atoms with van der Waals surface area (Å²) < 4.78 is 11.3. The Morgan fingerprint density at radius 2 is 2.15 bits per heavy atom. The normalized spacial score (nSPS) is 13.2. The van der Waals surface area contributed by atoms with Crippen LogP contribution in [0.1, 0.15) is 17.2 Å². The van der Waals surface area contributed by atoms with Crippen molar-refractivity contribution in [1.29, 1.82) is 0 Å². The highest BCUT2D eigenvalue weighted by molar-refractivity contribution is 5.82. The Labute approximate surface area is 149 Å². The smallest absolute Gasteiger partial charge is 0.169 e. The van der Waals surface area contributed by atoms with Gasteiger partial charge in [0.25, 0.3) is 0 Å². The first kappa shape index (κ1) is 17.3. The predicted octanol–water partition coefficient (Wildman–Crippen LogP) is 3.45. The molecular formula is C18H16N4O4. The van der Waals surface area contributed by atoms with E-state index in [1.54, 1.807) is 12.1 Å². The van der Waals surface area contributed by atoms with Crippen molar-refractivity contribution in [2.45, 2.75) is 12.7 Å². The molecule has 2 aromatic carbocycles. The molecule has 132 valence electrons. The number of carbonyl (C=O) groups is 1. The summed E-state index contributed by atoms with van der Waals surface area (Å²) in [7, 11) is 0. The van der Waals surface area contributed by atoms with Gasteiger partial charge < -0.3 is 19.9 Å². The molecule has 26 heavy (non-hydrogen) atoms. The van der Waals surface area contributed by atoms with Crippen LogP contribution in [-0.2, 0) is 11.4 Å². The van der Waals surface area contributed by atoms with Gasteiger partial charge in [-0.25, -0.2) is 0 Å². The maximum Gasteiger partial charge on any atom is 0.169 e. The van der Waals surface area contributed by atoms with Crippen LogP contribution < -0.4 is 14.8 Å². The van der Waals surface area contributed by atoms with Gasteiger partial charge in [0.1, 0.15) is 24.3 Å². The maximum atomic E-state index is 11.0. The summed E-state index contributed by atoms with van der Waals surface area (Å²) in [4.78, 5) is 13.6. The number of aliphatic hydroxyl groups excluding tert-OH is 1. The van der Waals surface area contributed by atoms with Crippen molar-refractivity contribution in [3.63, 3.8) is 0 Å². The Morgan fingerprint density at radius 3 is 2.88 bits per heavy atom. The summed E-state index contributed by atoms with van der Waals surface area (Å²) in [5.74, 6) is 0.828. The van der Waals surface area contributed by atoms with E-state index in [0.29, 0.717) is 35.6 Å². The van der Waals surface area contributed by atoms with Gasteiger partial charge >= 0.3 is 0 Å². The monoisotopic (exact) mass is 352 g/mol. The number of allylic oxidation sites excluding steroid dienone is 1. The van der Waals surface area contributed by atoms with Crippen molar-refractivity contribution >= 4 is 12.0 Å². The van der Waals surface area contributed by atoms with Crippen LogP contribution in [0.3, 0.4) is 0 Å². The number of hydrogen-bond acceptors (Lipinski definition) is 6. The number of nitrogens with zero attached hydrogens (tertiary/aromatic N) is 3. The summed E-state index contributed by atoms with van der Waals surface area (Å²) in [6.45, 7) is 0.182. The third kappa shape index (κ3) is 3.94. The molecule has 1 aliphatic heterocycles. The minimum Gasteiger partial charge on any atom is -0.489 e. The van der Waals surface area contributed by atoms with E-state index in [9.17, 15) is 9.90 Å². The molecule has 0 aromatic heterocycles. The first-order valence-corrected chi connectivity index (χ1v) is 7.84. The van der Waals surface area contributed by atoms with E-state index >= 15 is 0 Å². The molecule has 0 bridgehead atoms. The second kappa shape index (κ2) is 8.06. The van der Waals surface area contributed by atoms with Crippen LogP contribution in [0.15, 0.2) is 59.5 Å². The highest BCUT2D eigenvalue weighted by Gasteiger charge is 2.22. The fourth-order valence-electron chi connectivity index (χ4n) is 2.50. The highest BCUT2D eigenvalue weighted by Crippen LogP contribution is 2.40. The lowest BCUT2D eigenvalue weighted by Crippen LogP contribution is -2.13. The number of rotatable bonds is 7. The average molecular weight is 352 g/mol. The van der Waals surface area contributed by atoms with E-state index in [4.69, 9.17) is 15.0 Å². The third-order valence-electron chi connectivity index (χ3n) is 3.73. The zero-order valence-corrected chi connectivity index (χ0v) is 13.7. The van der Waals surface area contributed by atoms with Crippen LogP contribution in [0.2, 0.25) is 0 Å². The van der Waals surface area contributed by atoms with Crippen molar-refractivity contribution < 1.29 is 19.4 Å². The highest BCUT2D eigenvalue weighted by atomic mass is 16.5. The largest absolute Gasteiger partial charge is 0.489 e. The molecule has 0 unspecified atom stereocenters. The molecule has 2 aromatic rings. The van der Waals surface area contributed by atoms with Crippen LogP contribution in [0.5, 0.6) is 11.5 Å². The lowest BCUT2D eigenvalue weighted by Gasteiger charge is -2.22. The maximum absolute atomic E-state index is 11.0. The minimum absolute atomic E-state index is 0.154. The van der Waals surface area contributed by atoms with Crippen molar-refractivity contribution in [2.75, 3.05) is 11.9 Å². The van der Waals surface area contributed by atoms with Crippen LogP contribution in [0, 0.1) is 0 Å². The van der Waals surface area contributed by atoms with Crippen molar-refractivity contribution in [1.82, 2.24) is 0 Å². The van der Waals surface area contributed by atoms with Crippen LogP contribution in [0.25, 0.3) is 10.4 Å². The number of carbonyl (C=O) groups excluding carboxylic acids is 1. The summed E-state index contributed by atoms with van der Waals surface area (Å²) in [5.41, 5.74) is 10.6. The fourth-order valence-corrected chi connectivity index (χ4v) is 2.50. The summed E-state index contributed by atoms with van der Waals surface area (Å²) in [5, 5.41) is 16.6. The Kier molecular flexibility index (Phi) is 5.38. The molecule has 0 saturated heterocycles. The summed E-state index contributed by atoms with van der Waals surface area (Å²) in [6, 6.07) is 12.9. The first-order chi connectivity index (χ1) is 12.7. The van der Waals surface area contributed by atoms with E-state index in [-0.39, 0.29) is 12.2 Å². The molecular weight excluding hydrogens is 336 g/mol. The quantitative estimate of drug-likeness (QED) is 0.342. The molecule has 1 heterocycles. The van der Waals surface area contributed by atoms with Gasteiger partial charge in [-0.05, 0) is 17.2 Å². The van der Waals surface area contributed by atoms with Gasteiger partial charge in [-0.2, -0.15) is 0 Å². The van der Waals surface area contributed by atoms with Crippen LogP contribution >= 0.6 is 0 Å². The SMILES string of the molecule is [N-]=[N+]=NC[C@H](O)c1cc(OCc2ccccc2)cc2c1OC=C(C=O)N2. The Balaban J connectivity index is 1.90. The number of aldehydes is 1. The summed E-state index contributed by atoms with van der Waals surface area (Å²) >= 11 is 0. The Morgan fingerprint density at radius 1 is 1.35 bits per heavy atom. The average Bonchev–Trinajstić information content (AvgIpc) is 2.70. The van der Waals surface area contributed by atoms with Gasteiger partial charge in [0.05, 0.1) is 18.3 Å². The van der Waals surface area contributed by atoms with E-state index in [2.05, 4.69) is 15.3 Å². The molecule has 1 aliphatic rings. The number of aliphatic hydroxyl groups is 1. The second-order valence-corrected chi connectivity index (χ2v) is 5.53. The molecule has 0 radical (unpaired) electrons. The molecule has 3 rings (SSSR count). The number of benzene rings is 2. The number of anilines is 1. The van der Waals surface area contributed by atoms with E-state index < -0.39 is 6.10 Å². The van der Waals surface area contributed by atoms with Gasteiger partial charge in [-0.3, -0.25) is 4.79 Å². The van der Waals surface area contributed by atoms with Crippen molar-refractivity contribution in [3.8, 4) is 11.5 Å². The van der Waals surface area contributed by atoms with Gasteiger partial charge in [-0.15, -0.1) is 0 Å². The minimum atomic E-state index is -1.08. The topological polar surface area (TPSA) is 117 Å². The summed E-state index contributed by atoms with van der Waals surface area (Å²) in [6.07, 6.45) is 0.799. The molecule has 8 heteroatoms. The molecule has 8 nitrogen and oxygen atoms in total. The Bertz CT molecular complexity index is 876. The number of ether oxygens (including phenoxy) is 2. The lowest BCUT2D eigenvalue weighted by atomic mass is 10.1. The molecule has 0 fully saturated rings. The van der Waals surface area contributed by atoms with Gasteiger partial charge in [-0.1, -0.05) is 35.4 Å². The van der Waals surface area contributed by atoms with Gasteiger partial charge in [0.2, 0.25) is 0 Å². The number of fused-ring (bicyclic) bond motifs is 1. The molecule has 0 saturated carbocycles. The molecule has 1 atom stereocenters. The van der Waals surface area contributed by atoms with Crippen molar-refractivity contribution in [2.24, 2.45) is 5.11 Å². The number of azide groups is 1. The Hall–Kier alpha value is -3.48. The molecule has 0 amide bonds. The third-order valence-corrected chi connectivity index (χ3v) is 3.73. The first-order valence-electron chi connectivity index (χ1n) is 7.84. The van der Waals surface area contributed by atoms with Gasteiger partial charge in [0.15, 0.2) is 12.0 Å².